The van der Waals surface area contributed by atoms with Gasteiger partial charge in [-0.15, -0.1) is 0 Å². The van der Waals surface area contributed by atoms with Crippen molar-refractivity contribution in [1.29, 1.82) is 0 Å². The van der Waals surface area contributed by atoms with E-state index in [0.717, 1.165) is 32.1 Å². The fourth-order valence-corrected chi connectivity index (χ4v) is 4.16. The van der Waals surface area contributed by atoms with Gasteiger partial charge in [-0.3, -0.25) is 4.68 Å². The van der Waals surface area contributed by atoms with Gasteiger partial charge in [-0.25, -0.2) is 9.78 Å². The number of aromatic nitrogens is 4. The van der Waals surface area contributed by atoms with E-state index in [0.29, 0.717) is 37.8 Å². The van der Waals surface area contributed by atoms with Crippen molar-refractivity contribution in [3.05, 3.63) is 24.2 Å². The highest BCUT2D eigenvalue weighted by Crippen LogP contribution is 2.34. The molecule has 34 heavy (non-hydrogen) atoms. The summed E-state index contributed by atoms with van der Waals surface area (Å²) >= 11 is 0. The average Bonchev–Trinajstić information content (AvgIpc) is 3.38. The number of carbonyl (C=O) groups is 1. The van der Waals surface area contributed by atoms with Gasteiger partial charge in [0.1, 0.15) is 11.4 Å². The quantitative estimate of drug-likeness (QED) is 0.560. The zero-order valence-corrected chi connectivity index (χ0v) is 19.3. The van der Waals surface area contributed by atoms with Crippen molar-refractivity contribution in [1.82, 2.24) is 34.4 Å². The van der Waals surface area contributed by atoms with Crippen LogP contribution in [0.2, 0.25) is 0 Å². The summed E-state index contributed by atoms with van der Waals surface area (Å²) < 4.78 is 42.3. The molecular formula is C21H30F3N9O. The maximum atomic E-state index is 13.5. The molecule has 0 atom stereocenters. The number of piperidine rings is 1. The third-order valence-electron chi connectivity index (χ3n) is 6.21. The molecule has 10 nitrogen and oxygen atoms in total. The minimum Gasteiger partial charge on any atom is -0.369 e. The first-order chi connectivity index (χ1) is 16.2. The van der Waals surface area contributed by atoms with Crippen LogP contribution in [-0.2, 0) is 6.18 Å². The number of hydrogen-bond acceptors (Lipinski definition) is 7. The van der Waals surface area contributed by atoms with Crippen LogP contribution in [0.15, 0.2) is 18.6 Å². The van der Waals surface area contributed by atoms with Crippen molar-refractivity contribution in [2.75, 3.05) is 64.0 Å². The van der Waals surface area contributed by atoms with Crippen molar-refractivity contribution in [3.63, 3.8) is 0 Å². The van der Waals surface area contributed by atoms with Crippen LogP contribution in [0.1, 0.15) is 30.9 Å². The molecule has 0 spiro atoms. The average molecular weight is 482 g/mol. The molecule has 13 heteroatoms. The lowest BCUT2D eigenvalue weighted by atomic mass is 10.1. The van der Waals surface area contributed by atoms with Gasteiger partial charge >= 0.3 is 12.2 Å². The van der Waals surface area contributed by atoms with Gasteiger partial charge in [0.15, 0.2) is 0 Å². The van der Waals surface area contributed by atoms with Crippen LogP contribution < -0.4 is 10.6 Å². The second kappa shape index (κ2) is 10.0. The van der Waals surface area contributed by atoms with Gasteiger partial charge in [0.05, 0.1) is 17.9 Å². The second-order valence-electron chi connectivity index (χ2n) is 8.79. The molecule has 0 aromatic carbocycles. The molecule has 2 amide bonds. The number of anilines is 3. The summed E-state index contributed by atoms with van der Waals surface area (Å²) in [5.74, 6) is -0.243. The first-order valence-corrected chi connectivity index (χ1v) is 11.4. The monoisotopic (exact) mass is 481 g/mol. The zero-order chi connectivity index (χ0) is 24.3. The van der Waals surface area contributed by atoms with Crippen molar-refractivity contribution in [2.24, 2.45) is 0 Å². The highest BCUT2D eigenvalue weighted by Gasteiger charge is 2.35. The molecular weight excluding hydrogens is 451 g/mol. The fourth-order valence-electron chi connectivity index (χ4n) is 4.16. The van der Waals surface area contributed by atoms with E-state index >= 15 is 0 Å². The molecule has 0 radical (unpaired) electrons. The van der Waals surface area contributed by atoms with E-state index in [2.05, 4.69) is 37.6 Å². The Labute approximate surface area is 196 Å². The van der Waals surface area contributed by atoms with E-state index in [1.165, 1.54) is 0 Å². The molecule has 0 unspecified atom stereocenters. The van der Waals surface area contributed by atoms with Crippen molar-refractivity contribution >= 4 is 23.5 Å². The van der Waals surface area contributed by atoms with Gasteiger partial charge in [0, 0.05) is 45.6 Å². The number of likely N-dealkylation sites (N-methyl/N-ethyl adjacent to an activating group) is 1. The predicted octanol–water partition coefficient (Wildman–Crippen LogP) is 2.87. The third kappa shape index (κ3) is 5.69. The Bertz CT molecular complexity index is 988. The van der Waals surface area contributed by atoms with E-state index in [-0.39, 0.29) is 24.3 Å². The lowest BCUT2D eigenvalue weighted by Crippen LogP contribution is -2.31. The number of rotatable bonds is 8. The molecule has 2 N–H and O–H groups in total. The molecule has 2 aromatic rings. The normalized spacial score (nSPS) is 18.1. The predicted molar refractivity (Wildman–Crippen MR) is 121 cm³/mol. The minimum absolute atomic E-state index is 0.0507. The van der Waals surface area contributed by atoms with Gasteiger partial charge in [0.25, 0.3) is 0 Å². The molecule has 4 rings (SSSR count). The van der Waals surface area contributed by atoms with Gasteiger partial charge in [-0.05, 0) is 39.4 Å². The molecule has 2 aliphatic heterocycles. The van der Waals surface area contributed by atoms with Gasteiger partial charge < -0.3 is 25.3 Å². The van der Waals surface area contributed by atoms with Crippen molar-refractivity contribution in [2.45, 2.75) is 31.5 Å². The van der Waals surface area contributed by atoms with Crippen molar-refractivity contribution < 1.29 is 18.0 Å². The maximum Gasteiger partial charge on any atom is 0.421 e. The molecule has 2 saturated heterocycles. The first-order valence-electron chi connectivity index (χ1n) is 11.4. The van der Waals surface area contributed by atoms with E-state index in [9.17, 15) is 18.0 Å². The molecule has 2 aromatic heterocycles. The number of alkyl halides is 3. The summed E-state index contributed by atoms with van der Waals surface area (Å²) in [5.41, 5.74) is -0.321. The van der Waals surface area contributed by atoms with Crippen LogP contribution in [0.4, 0.5) is 35.4 Å². The molecule has 4 heterocycles. The smallest absolute Gasteiger partial charge is 0.369 e. The minimum atomic E-state index is -4.59. The molecule has 0 bridgehead atoms. The zero-order valence-electron chi connectivity index (χ0n) is 19.3. The lowest BCUT2D eigenvalue weighted by Gasteiger charge is -2.28. The summed E-state index contributed by atoms with van der Waals surface area (Å²) in [6.07, 6.45) is 2.10. The van der Waals surface area contributed by atoms with Gasteiger partial charge in [-0.1, -0.05) is 0 Å². The number of urea groups is 1. The topological polar surface area (TPSA) is 94.5 Å². The van der Waals surface area contributed by atoms with Crippen LogP contribution in [0.25, 0.3) is 0 Å². The lowest BCUT2D eigenvalue weighted by molar-refractivity contribution is -0.137. The molecule has 2 aliphatic rings. The van der Waals surface area contributed by atoms with Crippen molar-refractivity contribution in [3.8, 4) is 0 Å². The Morgan fingerprint density at radius 2 is 1.88 bits per heavy atom. The summed E-state index contributed by atoms with van der Waals surface area (Å²) in [7, 11) is 3.81. The fraction of sp³-hybridized carbons (Fsp3) is 0.619. The van der Waals surface area contributed by atoms with Crippen LogP contribution in [0, 0.1) is 0 Å². The number of hydrogen-bond donors (Lipinski definition) is 2. The highest BCUT2D eigenvalue weighted by molar-refractivity contribution is 5.76. The van der Waals surface area contributed by atoms with E-state index in [1.807, 2.05) is 10.9 Å². The Hall–Kier alpha value is -3.09. The third-order valence-corrected chi connectivity index (χ3v) is 6.21. The van der Waals surface area contributed by atoms with Gasteiger partial charge in [0.2, 0.25) is 5.95 Å². The summed E-state index contributed by atoms with van der Waals surface area (Å²) in [4.78, 5) is 25.4. The summed E-state index contributed by atoms with van der Waals surface area (Å²) in [5, 5.41) is 10.1. The maximum absolute atomic E-state index is 13.5. The van der Waals surface area contributed by atoms with E-state index in [1.54, 1.807) is 23.0 Å². The highest BCUT2D eigenvalue weighted by atomic mass is 19.4. The Morgan fingerprint density at radius 3 is 2.56 bits per heavy atom. The van der Waals surface area contributed by atoms with Crippen LogP contribution in [0.5, 0.6) is 0 Å². The number of nitrogens with zero attached hydrogens (tertiary/aromatic N) is 7. The molecule has 0 saturated carbocycles. The number of nitrogens with one attached hydrogen (secondary N) is 2. The summed E-state index contributed by atoms with van der Waals surface area (Å²) in [6.45, 7) is 3.96. The Kier molecular flexibility index (Phi) is 7.10. The van der Waals surface area contributed by atoms with E-state index < -0.39 is 11.7 Å². The molecule has 0 aliphatic carbocycles. The number of halogens is 3. The van der Waals surface area contributed by atoms with Crippen LogP contribution in [-0.4, -0.2) is 93.8 Å². The standard InChI is InChI=1S/C21H30F3N9O/c1-30-8-4-16(5-9-30)33-14-15(12-27-33)28-19-26-13-17(21(22,23)24)18(29-19)25-6-3-7-32-11-10-31(2)20(32)34/h12-14,16H,3-11H2,1-2H3,(H2,25,26,28,29). The number of likely N-dealkylation sites (tertiary alicyclic amines) is 1. The first kappa shape index (κ1) is 24.0. The van der Waals surface area contributed by atoms with E-state index in [4.69, 9.17) is 0 Å². The molecule has 186 valence electrons. The molecule has 2 fully saturated rings. The second-order valence-corrected chi connectivity index (χ2v) is 8.79. The van der Waals surface area contributed by atoms with Crippen LogP contribution in [0.3, 0.4) is 0 Å². The number of carbonyl (C=O) groups excluding carboxylic acids is 1. The van der Waals surface area contributed by atoms with Gasteiger partial charge in [-0.2, -0.15) is 23.3 Å². The largest absolute Gasteiger partial charge is 0.421 e. The Balaban J connectivity index is 1.39. The Morgan fingerprint density at radius 1 is 1.12 bits per heavy atom. The van der Waals surface area contributed by atoms with Crippen LogP contribution >= 0.6 is 0 Å². The SMILES string of the molecule is CN1CCC(n2cc(Nc3ncc(C(F)(F)F)c(NCCCN4CCN(C)C4=O)n3)cn2)CC1. The summed E-state index contributed by atoms with van der Waals surface area (Å²) in [6, 6.07) is 0.227. The number of amides is 2.